The Balaban J connectivity index is 2.17. The summed E-state index contributed by atoms with van der Waals surface area (Å²) in [5.41, 5.74) is -0.765. The maximum atomic E-state index is 11.7. The van der Waals surface area contributed by atoms with E-state index in [4.69, 9.17) is 0 Å². The zero-order valence-electron chi connectivity index (χ0n) is 12.6. The molecule has 0 spiro atoms. The molecule has 0 amide bonds. The molecule has 2 unspecified atom stereocenters. The van der Waals surface area contributed by atoms with E-state index in [1.54, 1.807) is 0 Å². The second-order valence-electron chi connectivity index (χ2n) is 6.06. The molecule has 2 N–H and O–H groups in total. The van der Waals surface area contributed by atoms with Crippen molar-refractivity contribution in [2.75, 3.05) is 6.54 Å². The minimum atomic E-state index is -0.765. The number of imidazole rings is 1. The summed E-state index contributed by atoms with van der Waals surface area (Å²) in [5, 5.41) is 12.8. The van der Waals surface area contributed by atoms with E-state index in [0.29, 0.717) is 18.8 Å². The van der Waals surface area contributed by atoms with E-state index in [2.05, 4.69) is 35.6 Å². The highest BCUT2D eigenvalue weighted by molar-refractivity contribution is 5.79. The lowest BCUT2D eigenvalue weighted by Gasteiger charge is -2.26. The van der Waals surface area contributed by atoms with Crippen molar-refractivity contribution < 1.29 is 9.90 Å². The molecule has 1 aromatic rings. The van der Waals surface area contributed by atoms with Gasteiger partial charge in [-0.25, -0.2) is 4.98 Å². The molecule has 2 rings (SSSR count). The first-order valence-corrected chi connectivity index (χ1v) is 7.51. The molecule has 112 valence electrons. The van der Waals surface area contributed by atoms with E-state index in [9.17, 15) is 9.90 Å². The number of carboxylic acids is 1. The largest absolute Gasteiger partial charge is 0.480 e. The van der Waals surface area contributed by atoms with Crippen LogP contribution < -0.4 is 5.32 Å². The van der Waals surface area contributed by atoms with Crippen molar-refractivity contribution in [1.82, 2.24) is 14.9 Å². The van der Waals surface area contributed by atoms with Crippen LogP contribution in [0.5, 0.6) is 0 Å². The summed E-state index contributed by atoms with van der Waals surface area (Å²) in [7, 11) is 0. The van der Waals surface area contributed by atoms with Crippen molar-refractivity contribution in [2.24, 2.45) is 0 Å². The van der Waals surface area contributed by atoms with Gasteiger partial charge in [0.25, 0.3) is 0 Å². The third-order valence-electron chi connectivity index (χ3n) is 4.22. The molecule has 1 aromatic heterocycles. The quantitative estimate of drug-likeness (QED) is 0.840. The van der Waals surface area contributed by atoms with E-state index < -0.39 is 11.5 Å². The number of hydrogen-bond donors (Lipinski definition) is 2. The Morgan fingerprint density at radius 2 is 2.40 bits per heavy atom. The van der Waals surface area contributed by atoms with Crippen molar-refractivity contribution in [3.05, 3.63) is 18.2 Å². The predicted molar refractivity (Wildman–Crippen MR) is 77.9 cm³/mol. The maximum absolute atomic E-state index is 11.7. The van der Waals surface area contributed by atoms with Gasteiger partial charge in [0.05, 0.1) is 0 Å². The van der Waals surface area contributed by atoms with E-state index >= 15 is 0 Å². The molecule has 0 saturated heterocycles. The molecule has 1 saturated carbocycles. The Kier molecular flexibility index (Phi) is 4.48. The number of rotatable bonds is 6. The standard InChI is InChI=1S/C15H25N3O2/c1-4-7-17-15(14(19)20)6-5-12(10-15)18-9-8-16-13(18)11(2)3/h8-9,11-12,17H,4-7,10H2,1-3H3,(H,19,20). The van der Waals surface area contributed by atoms with Crippen molar-refractivity contribution in [3.8, 4) is 0 Å². The highest BCUT2D eigenvalue weighted by Gasteiger charge is 2.45. The smallest absolute Gasteiger partial charge is 0.323 e. The summed E-state index contributed by atoms with van der Waals surface area (Å²) in [5.74, 6) is 0.680. The van der Waals surface area contributed by atoms with Crippen LogP contribution in [0.4, 0.5) is 0 Å². The van der Waals surface area contributed by atoms with Crippen LogP contribution in [0.15, 0.2) is 12.4 Å². The summed E-state index contributed by atoms with van der Waals surface area (Å²) < 4.78 is 2.17. The lowest BCUT2D eigenvalue weighted by molar-refractivity contribution is -0.144. The Labute approximate surface area is 120 Å². The van der Waals surface area contributed by atoms with Gasteiger partial charge in [0.2, 0.25) is 0 Å². The number of nitrogens with one attached hydrogen (secondary N) is 1. The van der Waals surface area contributed by atoms with Crippen LogP contribution in [-0.4, -0.2) is 32.7 Å². The fraction of sp³-hybridized carbons (Fsp3) is 0.733. The van der Waals surface area contributed by atoms with Crippen molar-refractivity contribution >= 4 is 5.97 Å². The van der Waals surface area contributed by atoms with Crippen molar-refractivity contribution in [3.63, 3.8) is 0 Å². The number of carboxylic acid groups (broad SMARTS) is 1. The van der Waals surface area contributed by atoms with Gasteiger partial charge in [0.15, 0.2) is 0 Å². The van der Waals surface area contributed by atoms with Gasteiger partial charge in [0, 0.05) is 24.4 Å². The molecule has 1 aliphatic carbocycles. The number of hydrogen-bond acceptors (Lipinski definition) is 3. The Bertz CT molecular complexity index is 469. The van der Waals surface area contributed by atoms with E-state index in [0.717, 1.165) is 25.2 Å². The summed E-state index contributed by atoms with van der Waals surface area (Å²) >= 11 is 0. The van der Waals surface area contributed by atoms with Gasteiger partial charge in [-0.15, -0.1) is 0 Å². The zero-order chi connectivity index (χ0) is 14.8. The topological polar surface area (TPSA) is 67.2 Å². The monoisotopic (exact) mass is 279 g/mol. The molecule has 0 bridgehead atoms. The summed E-state index contributed by atoms with van der Waals surface area (Å²) in [6, 6.07) is 0.232. The van der Waals surface area contributed by atoms with Gasteiger partial charge < -0.3 is 15.0 Å². The van der Waals surface area contributed by atoms with E-state index in [1.807, 2.05) is 12.4 Å². The normalized spacial score (nSPS) is 26.3. The second-order valence-corrected chi connectivity index (χ2v) is 6.06. The molecule has 5 heteroatoms. The third-order valence-corrected chi connectivity index (χ3v) is 4.22. The lowest BCUT2D eigenvalue weighted by Crippen LogP contribution is -2.50. The molecule has 0 aliphatic heterocycles. The average molecular weight is 279 g/mol. The van der Waals surface area contributed by atoms with Crippen LogP contribution in [0, 0.1) is 0 Å². The van der Waals surface area contributed by atoms with Gasteiger partial charge in [-0.1, -0.05) is 20.8 Å². The van der Waals surface area contributed by atoms with Crippen LogP contribution in [-0.2, 0) is 4.79 Å². The van der Waals surface area contributed by atoms with Crippen LogP contribution in [0.2, 0.25) is 0 Å². The molecule has 1 heterocycles. The van der Waals surface area contributed by atoms with Gasteiger partial charge in [0.1, 0.15) is 11.4 Å². The molecule has 5 nitrogen and oxygen atoms in total. The minimum absolute atomic E-state index is 0.232. The first-order chi connectivity index (χ1) is 9.50. The minimum Gasteiger partial charge on any atom is -0.480 e. The molecule has 2 atom stereocenters. The number of nitrogens with zero attached hydrogens (tertiary/aromatic N) is 2. The number of aromatic nitrogens is 2. The van der Waals surface area contributed by atoms with Crippen LogP contribution in [0.3, 0.4) is 0 Å². The Morgan fingerprint density at radius 3 is 3.00 bits per heavy atom. The molecular weight excluding hydrogens is 254 g/mol. The van der Waals surface area contributed by atoms with E-state index in [1.165, 1.54) is 0 Å². The Hall–Kier alpha value is -1.36. The highest BCUT2D eigenvalue weighted by Crippen LogP contribution is 2.39. The van der Waals surface area contributed by atoms with Crippen molar-refractivity contribution in [1.29, 1.82) is 0 Å². The maximum Gasteiger partial charge on any atom is 0.323 e. The van der Waals surface area contributed by atoms with Crippen LogP contribution in [0.1, 0.15) is 64.2 Å². The summed E-state index contributed by atoms with van der Waals surface area (Å²) in [6.07, 6.45) is 6.95. The third kappa shape index (κ3) is 2.73. The predicted octanol–water partition coefficient (Wildman–Crippen LogP) is 2.55. The van der Waals surface area contributed by atoms with Gasteiger partial charge >= 0.3 is 5.97 Å². The first-order valence-electron chi connectivity index (χ1n) is 7.51. The number of aliphatic carboxylic acids is 1. The molecule has 0 radical (unpaired) electrons. The second kappa shape index (κ2) is 5.95. The summed E-state index contributed by atoms with van der Waals surface area (Å²) in [6.45, 7) is 7.04. The van der Waals surface area contributed by atoms with Gasteiger partial charge in [-0.05, 0) is 32.2 Å². The molecular formula is C15H25N3O2. The first kappa shape index (κ1) is 15.0. The lowest BCUT2D eigenvalue weighted by atomic mass is 9.97. The van der Waals surface area contributed by atoms with Crippen LogP contribution in [0.25, 0.3) is 0 Å². The molecule has 20 heavy (non-hydrogen) atoms. The number of carbonyl (C=O) groups is 1. The summed E-state index contributed by atoms with van der Waals surface area (Å²) in [4.78, 5) is 16.1. The fourth-order valence-electron chi connectivity index (χ4n) is 3.13. The van der Waals surface area contributed by atoms with E-state index in [-0.39, 0.29) is 6.04 Å². The molecule has 1 fully saturated rings. The van der Waals surface area contributed by atoms with Crippen LogP contribution >= 0.6 is 0 Å². The fourth-order valence-corrected chi connectivity index (χ4v) is 3.13. The average Bonchev–Trinajstić information content (AvgIpc) is 3.03. The SMILES string of the molecule is CCCNC1(C(=O)O)CCC(n2ccnc2C(C)C)C1. The van der Waals surface area contributed by atoms with Gasteiger partial charge in [-0.3, -0.25) is 4.79 Å². The molecule has 1 aliphatic rings. The molecule has 0 aromatic carbocycles. The van der Waals surface area contributed by atoms with Gasteiger partial charge in [-0.2, -0.15) is 0 Å². The zero-order valence-corrected chi connectivity index (χ0v) is 12.6. The highest BCUT2D eigenvalue weighted by atomic mass is 16.4. The Morgan fingerprint density at radius 1 is 1.65 bits per heavy atom. The van der Waals surface area contributed by atoms with Crippen molar-refractivity contribution in [2.45, 2.75) is 64.0 Å².